The van der Waals surface area contributed by atoms with E-state index in [1.54, 1.807) is 42.5 Å². The molecule has 0 aliphatic rings. The molecule has 2 rings (SSSR count). The lowest BCUT2D eigenvalue weighted by molar-refractivity contribution is -0.116. The standard InChI is InChI=1S/C22H28N2O4S/c1-4-16-28-21-9-6-8-19(17-21)23-22(25)10-7-15-24(29(3,26)27)20-13-11-18(5-2)12-14-20/h4,6,8-9,11-14,17H,1,5,7,10,15-16H2,2-3H3,(H,23,25). The molecule has 2 aromatic rings. The minimum atomic E-state index is -3.43. The highest BCUT2D eigenvalue weighted by atomic mass is 32.2. The maximum Gasteiger partial charge on any atom is 0.232 e. The van der Waals surface area contributed by atoms with Crippen LogP contribution in [0.15, 0.2) is 61.2 Å². The van der Waals surface area contributed by atoms with Gasteiger partial charge in [0.05, 0.1) is 11.9 Å². The molecule has 0 atom stereocenters. The van der Waals surface area contributed by atoms with Crippen molar-refractivity contribution in [1.82, 2.24) is 0 Å². The molecule has 7 heteroatoms. The molecule has 0 fully saturated rings. The molecule has 0 radical (unpaired) electrons. The summed E-state index contributed by atoms with van der Waals surface area (Å²) in [5.41, 5.74) is 2.38. The van der Waals surface area contributed by atoms with Crippen molar-refractivity contribution < 1.29 is 17.9 Å². The number of nitrogens with zero attached hydrogens (tertiary/aromatic N) is 1. The van der Waals surface area contributed by atoms with Gasteiger partial charge in [-0.05, 0) is 42.7 Å². The van der Waals surface area contributed by atoms with Crippen molar-refractivity contribution in [3.8, 4) is 5.75 Å². The van der Waals surface area contributed by atoms with Gasteiger partial charge in [0.15, 0.2) is 0 Å². The molecule has 29 heavy (non-hydrogen) atoms. The molecule has 2 aromatic carbocycles. The maximum absolute atomic E-state index is 12.3. The highest BCUT2D eigenvalue weighted by molar-refractivity contribution is 7.92. The average Bonchev–Trinajstić information content (AvgIpc) is 2.69. The molecule has 1 amide bonds. The van der Waals surface area contributed by atoms with Gasteiger partial charge in [-0.3, -0.25) is 9.10 Å². The van der Waals surface area contributed by atoms with Crippen LogP contribution in [-0.2, 0) is 21.2 Å². The first-order chi connectivity index (χ1) is 13.8. The van der Waals surface area contributed by atoms with Gasteiger partial charge in [0.1, 0.15) is 12.4 Å². The number of anilines is 2. The van der Waals surface area contributed by atoms with E-state index in [9.17, 15) is 13.2 Å². The molecule has 0 aromatic heterocycles. The summed E-state index contributed by atoms with van der Waals surface area (Å²) in [6.07, 6.45) is 4.32. The van der Waals surface area contributed by atoms with Gasteiger partial charge in [-0.15, -0.1) is 0 Å². The van der Waals surface area contributed by atoms with Crippen molar-refractivity contribution in [2.75, 3.05) is 29.0 Å². The molecule has 0 bridgehead atoms. The summed E-state index contributed by atoms with van der Waals surface area (Å²) >= 11 is 0. The van der Waals surface area contributed by atoms with E-state index >= 15 is 0 Å². The van der Waals surface area contributed by atoms with E-state index in [0.29, 0.717) is 30.2 Å². The lowest BCUT2D eigenvalue weighted by Crippen LogP contribution is -2.31. The Hall–Kier alpha value is -2.80. The van der Waals surface area contributed by atoms with Crippen molar-refractivity contribution >= 4 is 27.3 Å². The molecule has 1 N–H and O–H groups in total. The van der Waals surface area contributed by atoms with Crippen LogP contribution in [0.3, 0.4) is 0 Å². The molecule has 156 valence electrons. The second-order valence-corrected chi connectivity index (χ2v) is 8.54. The van der Waals surface area contributed by atoms with Crippen LogP contribution in [-0.4, -0.2) is 33.7 Å². The number of nitrogens with one attached hydrogen (secondary N) is 1. The van der Waals surface area contributed by atoms with Crippen LogP contribution in [0.4, 0.5) is 11.4 Å². The fraction of sp³-hybridized carbons (Fsp3) is 0.318. The van der Waals surface area contributed by atoms with Crippen molar-refractivity contribution in [2.45, 2.75) is 26.2 Å². The molecule has 6 nitrogen and oxygen atoms in total. The van der Waals surface area contributed by atoms with Gasteiger partial charge in [-0.1, -0.05) is 37.8 Å². The summed E-state index contributed by atoms with van der Waals surface area (Å²) in [6, 6.07) is 14.5. The zero-order valence-corrected chi connectivity index (χ0v) is 17.7. The Labute approximate surface area is 173 Å². The number of carbonyl (C=O) groups is 1. The Morgan fingerprint density at radius 3 is 2.55 bits per heavy atom. The molecule has 0 spiro atoms. The van der Waals surface area contributed by atoms with Gasteiger partial charge in [-0.25, -0.2) is 8.42 Å². The average molecular weight is 417 g/mol. The van der Waals surface area contributed by atoms with Crippen LogP contribution in [0.2, 0.25) is 0 Å². The van der Waals surface area contributed by atoms with Crippen LogP contribution in [0, 0.1) is 0 Å². The number of benzene rings is 2. The first kappa shape index (κ1) is 22.5. The molecular formula is C22H28N2O4S. The van der Waals surface area contributed by atoms with E-state index < -0.39 is 10.0 Å². The summed E-state index contributed by atoms with van der Waals surface area (Å²) in [5.74, 6) is 0.460. The third kappa shape index (κ3) is 7.27. The van der Waals surface area contributed by atoms with Crippen LogP contribution in [0.5, 0.6) is 5.75 Å². The van der Waals surface area contributed by atoms with Gasteiger partial charge in [0.2, 0.25) is 15.9 Å². The van der Waals surface area contributed by atoms with Crippen LogP contribution in [0.25, 0.3) is 0 Å². The third-order valence-corrected chi connectivity index (χ3v) is 5.48. The molecule has 0 aliphatic carbocycles. The molecule has 0 aliphatic heterocycles. The van der Waals surface area contributed by atoms with Gasteiger partial charge in [0, 0.05) is 24.7 Å². The SMILES string of the molecule is C=CCOc1cccc(NC(=O)CCCN(c2ccc(CC)cc2)S(C)(=O)=O)c1. The second kappa shape index (κ2) is 10.7. The summed E-state index contributed by atoms with van der Waals surface area (Å²) < 4.78 is 31.1. The second-order valence-electron chi connectivity index (χ2n) is 6.63. The predicted molar refractivity (Wildman–Crippen MR) is 118 cm³/mol. The normalized spacial score (nSPS) is 11.0. The van der Waals surface area contributed by atoms with Gasteiger partial charge >= 0.3 is 0 Å². The Bertz CT molecular complexity index is 924. The predicted octanol–water partition coefficient (Wildman–Crippen LogP) is 4.00. The first-order valence-electron chi connectivity index (χ1n) is 9.53. The zero-order valence-electron chi connectivity index (χ0n) is 16.9. The fourth-order valence-electron chi connectivity index (χ4n) is 2.81. The van der Waals surface area contributed by atoms with Crippen LogP contribution >= 0.6 is 0 Å². The van der Waals surface area contributed by atoms with E-state index in [1.165, 1.54) is 10.6 Å². The molecule has 0 saturated carbocycles. The summed E-state index contributed by atoms with van der Waals surface area (Å²) in [4.78, 5) is 12.3. The summed E-state index contributed by atoms with van der Waals surface area (Å²) in [7, 11) is -3.43. The minimum Gasteiger partial charge on any atom is -0.489 e. The summed E-state index contributed by atoms with van der Waals surface area (Å²) in [5, 5.41) is 2.81. The highest BCUT2D eigenvalue weighted by Crippen LogP contribution is 2.20. The Balaban J connectivity index is 1.93. The lowest BCUT2D eigenvalue weighted by atomic mass is 10.1. The number of amides is 1. The smallest absolute Gasteiger partial charge is 0.232 e. The number of rotatable bonds is 11. The maximum atomic E-state index is 12.3. The van der Waals surface area contributed by atoms with Gasteiger partial charge < -0.3 is 10.1 Å². The molecule has 0 unspecified atom stereocenters. The monoisotopic (exact) mass is 416 g/mol. The number of ether oxygens (including phenoxy) is 1. The summed E-state index contributed by atoms with van der Waals surface area (Å²) in [6.45, 7) is 6.27. The lowest BCUT2D eigenvalue weighted by Gasteiger charge is -2.22. The van der Waals surface area contributed by atoms with E-state index in [0.717, 1.165) is 12.0 Å². The van der Waals surface area contributed by atoms with E-state index in [4.69, 9.17) is 4.74 Å². The van der Waals surface area contributed by atoms with Gasteiger partial charge in [0.25, 0.3) is 0 Å². The number of hydrogen-bond donors (Lipinski definition) is 1. The number of carbonyl (C=O) groups excluding carboxylic acids is 1. The number of aryl methyl sites for hydroxylation is 1. The topological polar surface area (TPSA) is 75.7 Å². The quantitative estimate of drug-likeness (QED) is 0.562. The van der Waals surface area contributed by atoms with Gasteiger partial charge in [-0.2, -0.15) is 0 Å². The van der Waals surface area contributed by atoms with Crippen molar-refractivity contribution in [2.24, 2.45) is 0 Å². The van der Waals surface area contributed by atoms with Crippen molar-refractivity contribution in [1.29, 1.82) is 0 Å². The van der Waals surface area contributed by atoms with Crippen molar-refractivity contribution in [3.63, 3.8) is 0 Å². The van der Waals surface area contributed by atoms with E-state index in [-0.39, 0.29) is 18.9 Å². The van der Waals surface area contributed by atoms with E-state index in [2.05, 4.69) is 11.9 Å². The van der Waals surface area contributed by atoms with Crippen LogP contribution in [0.1, 0.15) is 25.3 Å². The fourth-order valence-corrected chi connectivity index (χ4v) is 3.78. The largest absolute Gasteiger partial charge is 0.489 e. The Morgan fingerprint density at radius 2 is 1.93 bits per heavy atom. The van der Waals surface area contributed by atoms with Crippen molar-refractivity contribution in [3.05, 3.63) is 66.7 Å². The molecule has 0 heterocycles. The zero-order chi connectivity index (χ0) is 21.3. The first-order valence-corrected chi connectivity index (χ1v) is 11.4. The molecule has 0 saturated heterocycles. The highest BCUT2D eigenvalue weighted by Gasteiger charge is 2.17. The molecular weight excluding hydrogens is 388 g/mol. The minimum absolute atomic E-state index is 0.180. The Kier molecular flexibility index (Phi) is 8.27. The number of hydrogen-bond acceptors (Lipinski definition) is 4. The van der Waals surface area contributed by atoms with Crippen LogP contribution < -0.4 is 14.4 Å². The van der Waals surface area contributed by atoms with E-state index in [1.807, 2.05) is 19.1 Å². The Morgan fingerprint density at radius 1 is 1.21 bits per heavy atom. The number of sulfonamides is 1. The third-order valence-electron chi connectivity index (χ3n) is 4.28.